The number of likely N-dealkylation sites (tertiary alicyclic amines) is 1. The van der Waals surface area contributed by atoms with Crippen LogP contribution < -0.4 is 21.1 Å². The Morgan fingerprint density at radius 2 is 1.49 bits per heavy atom. The van der Waals surface area contributed by atoms with Gasteiger partial charge in [-0.25, -0.2) is 4.72 Å². The van der Waals surface area contributed by atoms with Crippen LogP contribution in [0.2, 0.25) is 0 Å². The van der Waals surface area contributed by atoms with Crippen molar-refractivity contribution in [1.29, 1.82) is 0 Å². The summed E-state index contributed by atoms with van der Waals surface area (Å²) in [5, 5.41) is 6.13. The second-order valence-corrected chi connectivity index (χ2v) is 20.4. The van der Waals surface area contributed by atoms with Crippen LogP contribution in [0.5, 0.6) is 0 Å². The molecule has 3 saturated heterocycles. The number of rotatable bonds is 11. The summed E-state index contributed by atoms with van der Waals surface area (Å²) < 4.78 is 35.5. The van der Waals surface area contributed by atoms with Gasteiger partial charge < -0.3 is 26.0 Å². The van der Waals surface area contributed by atoms with E-state index in [2.05, 4.69) is 42.7 Å². The number of nitrogens with one attached hydrogen (secondary N) is 3. The Bertz CT molecular complexity index is 1630. The van der Waals surface area contributed by atoms with Crippen LogP contribution >= 0.6 is 0 Å². The molecule has 0 aromatic rings. The van der Waals surface area contributed by atoms with Crippen LogP contribution in [0.4, 0.5) is 0 Å². The van der Waals surface area contributed by atoms with Crippen LogP contribution in [0, 0.1) is 33.0 Å². The van der Waals surface area contributed by atoms with E-state index < -0.39 is 57.0 Å². The number of carbonyl (C=O) groups excluding carboxylic acids is 4. The van der Waals surface area contributed by atoms with Crippen LogP contribution in [0.25, 0.3) is 0 Å². The minimum atomic E-state index is -4.09. The smallest absolute Gasteiger partial charge is 0.303 e. The summed E-state index contributed by atoms with van der Waals surface area (Å²) in [5.41, 5.74) is 3.81. The van der Waals surface area contributed by atoms with Crippen LogP contribution in [-0.2, 0) is 34.1 Å². The van der Waals surface area contributed by atoms with Gasteiger partial charge in [-0.3, -0.25) is 19.2 Å². The van der Waals surface area contributed by atoms with E-state index in [1.165, 1.54) is 4.31 Å². The van der Waals surface area contributed by atoms with Gasteiger partial charge in [-0.05, 0) is 80.5 Å². The highest BCUT2D eigenvalue weighted by Crippen LogP contribution is 2.88. The summed E-state index contributed by atoms with van der Waals surface area (Å²) in [6.45, 7) is 14.4. The Kier molecular flexibility index (Phi) is 9.71. The van der Waals surface area contributed by atoms with E-state index in [-0.39, 0.29) is 39.9 Å². The molecule has 3 aliphatic heterocycles. The van der Waals surface area contributed by atoms with Crippen molar-refractivity contribution in [3.63, 3.8) is 0 Å². The fourth-order valence-corrected chi connectivity index (χ4v) is 12.9. The van der Waals surface area contributed by atoms with Crippen molar-refractivity contribution >= 4 is 33.8 Å². The van der Waals surface area contributed by atoms with E-state index in [4.69, 9.17) is 10.5 Å². The third-order valence-corrected chi connectivity index (χ3v) is 17.5. The number of hydrogen-bond donors (Lipinski definition) is 4. The molecule has 4 amide bonds. The average molecular weight is 759 g/mol. The maximum absolute atomic E-state index is 15.3. The van der Waals surface area contributed by atoms with Gasteiger partial charge in [0, 0.05) is 49.6 Å². The lowest BCUT2D eigenvalue weighted by Gasteiger charge is -2.44. The number of hydrogen-bond acceptors (Lipinski definition) is 8. The Morgan fingerprint density at radius 3 is 2.04 bits per heavy atom. The summed E-state index contributed by atoms with van der Waals surface area (Å²) in [6, 6.07) is -2.64. The number of fused-ring (bicyclic) bond motifs is 1. The maximum atomic E-state index is 15.3. The van der Waals surface area contributed by atoms with Crippen molar-refractivity contribution in [3.05, 3.63) is 12.7 Å². The molecule has 5 N–H and O–H groups in total. The number of carbonyl (C=O) groups is 4. The van der Waals surface area contributed by atoms with E-state index in [9.17, 15) is 22.8 Å². The second-order valence-electron chi connectivity index (χ2n) is 18.8. The fraction of sp³-hybridized carbons (Fsp3) is 0.846. The largest absolute Gasteiger partial charge is 0.381 e. The predicted molar refractivity (Wildman–Crippen MR) is 199 cm³/mol. The molecule has 13 nitrogen and oxygen atoms in total. The third kappa shape index (κ3) is 5.98. The highest BCUT2D eigenvalue weighted by Gasteiger charge is 2.85. The Labute approximate surface area is 315 Å². The lowest BCUT2D eigenvalue weighted by molar-refractivity contribution is -0.147. The maximum Gasteiger partial charge on any atom is 0.303 e. The molecule has 0 radical (unpaired) electrons. The third-order valence-electron chi connectivity index (χ3n) is 16.0. The zero-order chi connectivity index (χ0) is 38.2. The lowest BCUT2D eigenvalue weighted by Crippen LogP contribution is -2.64. The predicted octanol–water partition coefficient (Wildman–Crippen LogP) is 2.90. The Hall–Kier alpha value is -2.55. The highest BCUT2D eigenvalue weighted by atomic mass is 32.2. The van der Waals surface area contributed by atoms with Crippen molar-refractivity contribution in [2.75, 3.05) is 32.8 Å². The number of nitrogens with two attached hydrogens (primary N) is 1. The number of ether oxygens (including phenoxy) is 1. The molecular weight excluding hydrogens is 697 g/mol. The van der Waals surface area contributed by atoms with Gasteiger partial charge in [0.25, 0.3) is 5.91 Å². The second kappa shape index (κ2) is 13.3. The van der Waals surface area contributed by atoms with Crippen molar-refractivity contribution in [2.45, 2.75) is 141 Å². The molecule has 7 aliphatic rings. The molecule has 53 heavy (non-hydrogen) atoms. The van der Waals surface area contributed by atoms with E-state index in [0.29, 0.717) is 52.1 Å². The zero-order valence-corrected chi connectivity index (χ0v) is 33.1. The molecule has 0 unspecified atom stereocenters. The SMILES string of the molecule is C=C[C@@H]1C[C@]1(NC(=O)[C@@H]1C[C@@]2(CN1C(=O)[C@@H](NC(=O)[C@@H](N)C1(C)CCCCC1)C1(C)CCOCC1)C(C)(C)C21CCC1)C(=O)NS(=O)(=O)N1CCCC1. The van der Waals surface area contributed by atoms with Crippen LogP contribution in [0.15, 0.2) is 12.7 Å². The Morgan fingerprint density at radius 1 is 0.849 bits per heavy atom. The van der Waals surface area contributed by atoms with Crippen LogP contribution in [0.1, 0.15) is 118 Å². The van der Waals surface area contributed by atoms with Crippen LogP contribution in [0.3, 0.4) is 0 Å². The van der Waals surface area contributed by atoms with E-state index >= 15 is 4.79 Å². The molecular formula is C39H62N6O7S. The van der Waals surface area contributed by atoms with Gasteiger partial charge in [-0.15, -0.1) is 6.58 Å². The molecule has 296 valence electrons. The summed E-state index contributed by atoms with van der Waals surface area (Å²) in [4.78, 5) is 59.6. The minimum Gasteiger partial charge on any atom is -0.381 e. The van der Waals surface area contributed by atoms with Gasteiger partial charge in [0.2, 0.25) is 17.7 Å². The molecule has 3 heterocycles. The first-order valence-electron chi connectivity index (χ1n) is 20.1. The molecule has 0 aromatic heterocycles. The monoisotopic (exact) mass is 758 g/mol. The summed E-state index contributed by atoms with van der Waals surface area (Å²) in [5.74, 6) is -2.41. The average Bonchev–Trinajstić information content (AvgIpc) is 3.56. The molecule has 14 heteroatoms. The van der Waals surface area contributed by atoms with Gasteiger partial charge in [0.05, 0.1) is 6.04 Å². The van der Waals surface area contributed by atoms with E-state index in [0.717, 1.165) is 64.2 Å². The highest BCUT2D eigenvalue weighted by molar-refractivity contribution is 7.87. The molecule has 4 saturated carbocycles. The quantitative estimate of drug-likeness (QED) is 0.232. The van der Waals surface area contributed by atoms with Crippen molar-refractivity contribution in [3.8, 4) is 0 Å². The minimum absolute atomic E-state index is 0.00884. The molecule has 6 atom stereocenters. The van der Waals surface area contributed by atoms with Gasteiger partial charge in [-0.1, -0.05) is 59.5 Å². The van der Waals surface area contributed by atoms with Gasteiger partial charge in [0.1, 0.15) is 17.6 Å². The van der Waals surface area contributed by atoms with Gasteiger partial charge in [-0.2, -0.15) is 12.7 Å². The first-order valence-corrected chi connectivity index (χ1v) is 21.6. The summed E-state index contributed by atoms with van der Waals surface area (Å²) in [7, 11) is -4.09. The Balaban J connectivity index is 1.18. The first kappa shape index (κ1) is 38.7. The van der Waals surface area contributed by atoms with E-state index in [1.807, 2.05) is 6.92 Å². The number of amides is 4. The molecule has 0 bridgehead atoms. The molecule has 7 rings (SSSR count). The normalized spacial score (nSPS) is 34.8. The summed E-state index contributed by atoms with van der Waals surface area (Å²) >= 11 is 0. The standard InChI is InChI=1S/C39H62N6O7S/c1-6-26-23-39(26,33(49)43-53(50,51)44-19-10-11-20-44)42-30(46)27-24-38(34(2,3)37(38)15-12-16-37)25-45(27)32(48)29(36(5)17-21-52-22-18-36)41-31(47)28(40)35(4)13-8-7-9-14-35/h6,26-29H,1,7-25,40H2,2-5H3,(H,41,47)(H,42,46)(H,43,49)/t26-,27+,28-,29-,38-,39-/m1/s1. The summed E-state index contributed by atoms with van der Waals surface area (Å²) in [6.07, 6.45) is 12.7. The number of nitrogens with zero attached hydrogens (tertiary/aromatic N) is 2. The van der Waals surface area contributed by atoms with Gasteiger partial charge in [0.15, 0.2) is 0 Å². The first-order chi connectivity index (χ1) is 24.9. The zero-order valence-electron chi connectivity index (χ0n) is 32.3. The van der Waals surface area contributed by atoms with Crippen molar-refractivity contribution in [2.24, 2.45) is 38.7 Å². The lowest BCUT2D eigenvalue weighted by atomic mass is 9.70. The van der Waals surface area contributed by atoms with Crippen molar-refractivity contribution in [1.82, 2.24) is 24.6 Å². The topological polar surface area (TPSA) is 180 Å². The molecule has 4 aliphatic carbocycles. The van der Waals surface area contributed by atoms with Gasteiger partial charge >= 0.3 is 10.2 Å². The van der Waals surface area contributed by atoms with Crippen molar-refractivity contribution < 1.29 is 32.3 Å². The van der Waals surface area contributed by atoms with E-state index in [1.54, 1.807) is 11.0 Å². The molecule has 7 fully saturated rings. The fourth-order valence-electron chi connectivity index (χ4n) is 11.6. The van der Waals surface area contributed by atoms with Crippen LogP contribution in [-0.4, -0.2) is 97.8 Å². The molecule has 0 aromatic carbocycles. The molecule has 2 spiro atoms.